The molecule has 1 aromatic carbocycles. The van der Waals surface area contributed by atoms with E-state index in [1.807, 2.05) is 0 Å². The van der Waals surface area contributed by atoms with Gasteiger partial charge in [-0.15, -0.1) is 0 Å². The lowest BCUT2D eigenvalue weighted by Crippen LogP contribution is -2.42. The predicted octanol–water partition coefficient (Wildman–Crippen LogP) is 2.25. The minimum Gasteiger partial charge on any atom is -0.501 e. The Morgan fingerprint density at radius 2 is 2.19 bits per heavy atom. The number of aryl methyl sites for hydroxylation is 1. The Hall–Kier alpha value is -2.45. The van der Waals surface area contributed by atoms with Gasteiger partial charge < -0.3 is 15.2 Å². The standard InChI is InChI=1S/C18H19ClFN3O4/c1-9-4-5-11(19)10(12(9)20)8-21-15(25)13-14(24)16(26)23-6-7-27-18(2,3)17(23)22-13/h4-5,24H,6-8H2,1-3H3,(H,21,25). The average Bonchev–Trinajstić information content (AvgIpc) is 2.61. The van der Waals surface area contributed by atoms with Crippen LogP contribution in [0.25, 0.3) is 0 Å². The Bertz CT molecular complexity index is 988. The Morgan fingerprint density at radius 3 is 2.89 bits per heavy atom. The molecule has 27 heavy (non-hydrogen) atoms. The Morgan fingerprint density at radius 1 is 1.48 bits per heavy atom. The van der Waals surface area contributed by atoms with E-state index in [9.17, 15) is 19.1 Å². The van der Waals surface area contributed by atoms with Gasteiger partial charge in [-0.1, -0.05) is 17.7 Å². The van der Waals surface area contributed by atoms with E-state index in [2.05, 4.69) is 10.3 Å². The molecule has 1 amide bonds. The summed E-state index contributed by atoms with van der Waals surface area (Å²) in [7, 11) is 0. The van der Waals surface area contributed by atoms with Crippen LogP contribution >= 0.6 is 11.6 Å². The second kappa shape index (κ2) is 6.94. The normalized spacial score (nSPS) is 15.3. The van der Waals surface area contributed by atoms with Gasteiger partial charge in [-0.2, -0.15) is 0 Å². The van der Waals surface area contributed by atoms with Crippen molar-refractivity contribution in [2.45, 2.75) is 39.5 Å². The quantitative estimate of drug-likeness (QED) is 0.831. The van der Waals surface area contributed by atoms with E-state index in [1.165, 1.54) is 16.7 Å². The molecule has 9 heteroatoms. The first kappa shape index (κ1) is 19.3. The van der Waals surface area contributed by atoms with Gasteiger partial charge in [0.05, 0.1) is 13.2 Å². The van der Waals surface area contributed by atoms with E-state index in [4.69, 9.17) is 16.3 Å². The van der Waals surface area contributed by atoms with E-state index >= 15 is 0 Å². The molecule has 144 valence electrons. The van der Waals surface area contributed by atoms with Gasteiger partial charge in [-0.3, -0.25) is 14.2 Å². The number of halogens is 2. The summed E-state index contributed by atoms with van der Waals surface area (Å²) >= 11 is 5.99. The Balaban J connectivity index is 1.94. The van der Waals surface area contributed by atoms with Crippen molar-refractivity contribution < 1.29 is 19.0 Å². The number of fused-ring (bicyclic) bond motifs is 1. The molecule has 2 aromatic rings. The third kappa shape index (κ3) is 3.42. The van der Waals surface area contributed by atoms with Gasteiger partial charge in [0, 0.05) is 17.1 Å². The summed E-state index contributed by atoms with van der Waals surface area (Å²) in [5, 5.41) is 12.8. The molecule has 0 saturated carbocycles. The summed E-state index contributed by atoms with van der Waals surface area (Å²) < 4.78 is 21.1. The predicted molar refractivity (Wildman–Crippen MR) is 96.5 cm³/mol. The molecule has 0 radical (unpaired) electrons. The van der Waals surface area contributed by atoms with E-state index < -0.39 is 34.3 Å². The van der Waals surface area contributed by atoms with Crippen LogP contribution in [0.4, 0.5) is 4.39 Å². The highest BCUT2D eigenvalue weighted by Crippen LogP contribution is 2.27. The maximum atomic E-state index is 14.2. The Labute approximate surface area is 159 Å². The summed E-state index contributed by atoms with van der Waals surface area (Å²) in [6, 6.07) is 3.06. The third-order valence-corrected chi connectivity index (χ3v) is 4.84. The number of benzene rings is 1. The number of hydrogen-bond donors (Lipinski definition) is 2. The van der Waals surface area contributed by atoms with Crippen LogP contribution in [-0.2, 0) is 23.4 Å². The van der Waals surface area contributed by atoms with Crippen LogP contribution in [0.1, 0.15) is 41.3 Å². The average molecular weight is 396 g/mol. The monoisotopic (exact) mass is 395 g/mol. The molecule has 0 fully saturated rings. The zero-order valence-electron chi connectivity index (χ0n) is 15.1. The number of carbonyl (C=O) groups is 1. The summed E-state index contributed by atoms with van der Waals surface area (Å²) in [5.74, 6) is -1.86. The molecule has 0 aliphatic carbocycles. The maximum absolute atomic E-state index is 14.2. The molecule has 0 atom stereocenters. The van der Waals surface area contributed by atoms with Crippen molar-refractivity contribution in [3.05, 3.63) is 56.0 Å². The van der Waals surface area contributed by atoms with Crippen molar-refractivity contribution in [3.8, 4) is 5.75 Å². The van der Waals surface area contributed by atoms with Crippen LogP contribution in [0.5, 0.6) is 5.75 Å². The van der Waals surface area contributed by atoms with Crippen LogP contribution in [0, 0.1) is 12.7 Å². The number of nitrogens with one attached hydrogen (secondary N) is 1. The highest BCUT2D eigenvalue weighted by atomic mass is 35.5. The van der Waals surface area contributed by atoms with Crippen LogP contribution in [0.3, 0.4) is 0 Å². The zero-order chi connectivity index (χ0) is 19.9. The highest BCUT2D eigenvalue weighted by Gasteiger charge is 2.34. The summed E-state index contributed by atoms with van der Waals surface area (Å²) in [4.78, 5) is 29.1. The first-order chi connectivity index (χ1) is 12.6. The molecule has 0 spiro atoms. The molecular formula is C18H19ClFN3O4. The summed E-state index contributed by atoms with van der Waals surface area (Å²) in [6.07, 6.45) is 0. The van der Waals surface area contributed by atoms with Gasteiger partial charge in [-0.25, -0.2) is 9.37 Å². The van der Waals surface area contributed by atoms with Crippen LogP contribution in [-0.4, -0.2) is 27.2 Å². The molecule has 0 bridgehead atoms. The van der Waals surface area contributed by atoms with Crippen molar-refractivity contribution in [2.75, 3.05) is 6.61 Å². The maximum Gasteiger partial charge on any atom is 0.296 e. The number of carbonyl (C=O) groups excluding carboxylic acids is 1. The van der Waals surface area contributed by atoms with E-state index in [-0.39, 0.29) is 36.1 Å². The first-order valence-electron chi connectivity index (χ1n) is 8.33. The number of hydrogen-bond acceptors (Lipinski definition) is 5. The third-order valence-electron chi connectivity index (χ3n) is 4.48. The molecule has 1 aromatic heterocycles. The minimum absolute atomic E-state index is 0.114. The molecular weight excluding hydrogens is 377 g/mol. The topological polar surface area (TPSA) is 93.5 Å². The van der Waals surface area contributed by atoms with Gasteiger partial charge in [0.2, 0.25) is 5.75 Å². The Kier molecular flexibility index (Phi) is 4.96. The minimum atomic E-state index is -0.897. The largest absolute Gasteiger partial charge is 0.501 e. The van der Waals surface area contributed by atoms with E-state index in [0.29, 0.717) is 5.56 Å². The lowest BCUT2D eigenvalue weighted by molar-refractivity contribution is -0.0566. The summed E-state index contributed by atoms with van der Waals surface area (Å²) in [6.45, 7) is 5.31. The molecule has 1 aliphatic heterocycles. The molecule has 7 nitrogen and oxygen atoms in total. The number of ether oxygens (including phenoxy) is 1. The highest BCUT2D eigenvalue weighted by molar-refractivity contribution is 6.31. The molecule has 0 unspecified atom stereocenters. The number of aromatic hydroxyl groups is 1. The van der Waals surface area contributed by atoms with Gasteiger partial charge in [0.1, 0.15) is 17.2 Å². The molecule has 1 aliphatic rings. The number of amides is 1. The summed E-state index contributed by atoms with van der Waals surface area (Å²) in [5.41, 5.74) is -1.56. The first-order valence-corrected chi connectivity index (χ1v) is 8.71. The number of nitrogens with zero attached hydrogens (tertiary/aromatic N) is 2. The van der Waals surface area contributed by atoms with Gasteiger partial charge in [0.25, 0.3) is 11.5 Å². The molecule has 2 heterocycles. The molecule has 3 rings (SSSR count). The van der Waals surface area contributed by atoms with Crippen molar-refractivity contribution in [3.63, 3.8) is 0 Å². The van der Waals surface area contributed by atoms with Crippen molar-refractivity contribution in [1.82, 2.24) is 14.9 Å². The molecule has 0 saturated heterocycles. The van der Waals surface area contributed by atoms with Crippen molar-refractivity contribution >= 4 is 17.5 Å². The van der Waals surface area contributed by atoms with Gasteiger partial charge in [-0.05, 0) is 32.4 Å². The SMILES string of the molecule is Cc1ccc(Cl)c(CNC(=O)c2nc3n(c(=O)c2O)CCOC3(C)C)c1F. The van der Waals surface area contributed by atoms with Crippen LogP contribution in [0.15, 0.2) is 16.9 Å². The number of rotatable bonds is 3. The zero-order valence-corrected chi connectivity index (χ0v) is 15.9. The van der Waals surface area contributed by atoms with Crippen LogP contribution in [0.2, 0.25) is 5.02 Å². The van der Waals surface area contributed by atoms with Gasteiger partial charge >= 0.3 is 0 Å². The second-order valence-corrected chi connectivity index (χ2v) is 7.19. The fraction of sp³-hybridized carbons (Fsp3) is 0.389. The lowest BCUT2D eigenvalue weighted by Gasteiger charge is -2.32. The van der Waals surface area contributed by atoms with Gasteiger partial charge in [0.15, 0.2) is 5.69 Å². The van der Waals surface area contributed by atoms with Crippen molar-refractivity contribution in [1.29, 1.82) is 0 Å². The lowest BCUT2D eigenvalue weighted by atomic mass is 10.1. The van der Waals surface area contributed by atoms with E-state index in [1.54, 1.807) is 20.8 Å². The smallest absolute Gasteiger partial charge is 0.296 e. The fourth-order valence-corrected chi connectivity index (χ4v) is 3.17. The number of aromatic nitrogens is 2. The van der Waals surface area contributed by atoms with E-state index in [0.717, 1.165) is 0 Å². The van der Waals surface area contributed by atoms with Crippen molar-refractivity contribution in [2.24, 2.45) is 0 Å². The molecule has 2 N–H and O–H groups in total. The fourth-order valence-electron chi connectivity index (χ4n) is 2.96. The van der Waals surface area contributed by atoms with Crippen LogP contribution < -0.4 is 10.9 Å². The second-order valence-electron chi connectivity index (χ2n) is 6.79.